The van der Waals surface area contributed by atoms with E-state index in [1.165, 1.54) is 51.4 Å². The number of hydrogen-bond donors (Lipinski definition) is 0. The fourth-order valence-electron chi connectivity index (χ4n) is 7.98. The van der Waals surface area contributed by atoms with Gasteiger partial charge in [0.2, 0.25) is 0 Å². The van der Waals surface area contributed by atoms with E-state index in [1.54, 1.807) is 0 Å². The van der Waals surface area contributed by atoms with Gasteiger partial charge in [-0.05, 0) is 79.4 Å². The van der Waals surface area contributed by atoms with Gasteiger partial charge in [-0.15, -0.1) is 0 Å². The molecule has 0 radical (unpaired) electrons. The van der Waals surface area contributed by atoms with Crippen LogP contribution in [0.3, 0.4) is 0 Å². The average molecular weight is 335 g/mol. The van der Waals surface area contributed by atoms with Crippen LogP contribution in [0.5, 0.6) is 0 Å². The summed E-state index contributed by atoms with van der Waals surface area (Å²) in [5.41, 5.74) is 0.200. The Hall–Kier alpha value is -0.310. The van der Waals surface area contributed by atoms with Crippen molar-refractivity contribution in [1.29, 1.82) is 0 Å². The number of fused-ring (bicyclic) bond motifs is 3. The molecule has 23 heavy (non-hydrogen) atoms. The van der Waals surface area contributed by atoms with Crippen LogP contribution < -0.4 is 0 Å². The Labute approximate surface area is 141 Å². The average Bonchev–Trinajstić information content (AvgIpc) is 2.80. The molecule has 0 spiro atoms. The van der Waals surface area contributed by atoms with E-state index < -0.39 is 9.84 Å². The van der Waals surface area contributed by atoms with Crippen LogP contribution in [-0.4, -0.2) is 19.9 Å². The fourth-order valence-corrected chi connectivity index (χ4v) is 10.9. The summed E-state index contributed by atoms with van der Waals surface area (Å²) in [6.45, 7) is 0. The summed E-state index contributed by atoms with van der Waals surface area (Å²) >= 11 is 0. The van der Waals surface area contributed by atoms with Gasteiger partial charge in [0.15, 0.2) is 9.84 Å². The quantitative estimate of drug-likeness (QED) is 0.617. The fraction of sp³-hybridized carbons (Fsp3) is 0.900. The monoisotopic (exact) mass is 334 g/mol. The minimum Gasteiger partial charge on any atom is -0.229 e. The largest absolute Gasteiger partial charge is 0.229 e. The lowest BCUT2D eigenvalue weighted by atomic mass is 9.41. The van der Waals surface area contributed by atoms with E-state index in [9.17, 15) is 8.42 Å². The van der Waals surface area contributed by atoms with Gasteiger partial charge in [-0.3, -0.25) is 0 Å². The first-order valence-corrected chi connectivity index (χ1v) is 11.7. The third-order valence-electron chi connectivity index (χ3n) is 8.66. The lowest BCUT2D eigenvalue weighted by Gasteiger charge is -2.63. The first-order valence-electron chi connectivity index (χ1n) is 9.91. The van der Waals surface area contributed by atoms with Crippen molar-refractivity contribution in [3.05, 3.63) is 12.2 Å². The zero-order valence-corrected chi connectivity index (χ0v) is 15.0. The molecular formula is C20H30O2S. The van der Waals surface area contributed by atoms with Crippen molar-refractivity contribution < 1.29 is 8.42 Å². The first-order chi connectivity index (χ1) is 11.1. The third-order valence-corrected chi connectivity index (χ3v) is 10.6. The minimum absolute atomic E-state index is 0.0983. The molecule has 5 rings (SSSR count). The summed E-state index contributed by atoms with van der Waals surface area (Å²) in [5.74, 6) is 4.27. The number of allylic oxidation sites excluding steroid dienone is 2. The molecule has 0 aromatic heterocycles. The van der Waals surface area contributed by atoms with Gasteiger partial charge in [0.1, 0.15) is 0 Å². The maximum absolute atomic E-state index is 12.8. The molecule has 5 aliphatic rings. The van der Waals surface area contributed by atoms with E-state index in [2.05, 4.69) is 12.2 Å². The zero-order chi connectivity index (χ0) is 15.7. The van der Waals surface area contributed by atoms with Crippen LogP contribution in [0.25, 0.3) is 0 Å². The number of rotatable bonds is 0. The molecule has 0 amide bonds. The van der Waals surface area contributed by atoms with Crippen molar-refractivity contribution in [3.8, 4) is 0 Å². The Bertz CT molecular complexity index is 636. The zero-order valence-electron chi connectivity index (χ0n) is 14.2. The maximum Gasteiger partial charge on any atom is 0.151 e. The van der Waals surface area contributed by atoms with E-state index in [0.29, 0.717) is 17.4 Å². The Morgan fingerprint density at radius 3 is 2.52 bits per heavy atom. The van der Waals surface area contributed by atoms with Gasteiger partial charge in [0.05, 0.1) is 11.5 Å². The van der Waals surface area contributed by atoms with Crippen LogP contribution in [0.1, 0.15) is 64.2 Å². The molecule has 4 fully saturated rings. The van der Waals surface area contributed by atoms with Crippen LogP contribution in [0.4, 0.5) is 0 Å². The van der Waals surface area contributed by atoms with Gasteiger partial charge in [-0.1, -0.05) is 31.4 Å². The Balaban J connectivity index is 1.64. The molecule has 3 heteroatoms. The normalized spacial score (nSPS) is 53.7. The van der Waals surface area contributed by atoms with Gasteiger partial charge in [-0.2, -0.15) is 0 Å². The molecule has 1 aliphatic heterocycles. The molecule has 0 unspecified atom stereocenters. The van der Waals surface area contributed by atoms with Gasteiger partial charge in [-0.25, -0.2) is 8.42 Å². The van der Waals surface area contributed by atoms with Gasteiger partial charge in [0.25, 0.3) is 0 Å². The number of hydrogen-bond acceptors (Lipinski definition) is 2. The smallest absolute Gasteiger partial charge is 0.151 e. The highest BCUT2D eigenvalue weighted by molar-refractivity contribution is 7.91. The van der Waals surface area contributed by atoms with E-state index in [0.717, 1.165) is 30.6 Å². The third kappa shape index (κ3) is 1.95. The molecule has 6 atom stereocenters. The molecule has 0 N–H and O–H groups in total. The van der Waals surface area contributed by atoms with E-state index >= 15 is 0 Å². The van der Waals surface area contributed by atoms with Crippen molar-refractivity contribution in [1.82, 2.24) is 0 Å². The second-order valence-electron chi connectivity index (χ2n) is 9.46. The lowest BCUT2D eigenvalue weighted by Crippen LogP contribution is -2.58. The second-order valence-corrected chi connectivity index (χ2v) is 11.5. The summed E-state index contributed by atoms with van der Waals surface area (Å²) in [6, 6.07) is 0. The molecule has 2 nitrogen and oxygen atoms in total. The molecular weight excluding hydrogens is 304 g/mol. The standard InChI is InChI=1S/C20H30O2S/c21-23(22)13-19-10-3-4-11-20(19,14-23)18-16(9-12-19)8-7-15-5-1-2-6-17(15)18/h3-4,15-18H,1-2,5-14H2/t15-,16-,17+,18-,19-,20+/m1/s1. The predicted octanol–water partition coefficient (Wildman–Crippen LogP) is 4.36. The Morgan fingerprint density at radius 2 is 1.61 bits per heavy atom. The summed E-state index contributed by atoms with van der Waals surface area (Å²) in [5, 5.41) is 0. The summed E-state index contributed by atoms with van der Waals surface area (Å²) < 4.78 is 25.5. The van der Waals surface area contributed by atoms with Gasteiger partial charge < -0.3 is 0 Å². The van der Waals surface area contributed by atoms with Crippen LogP contribution in [0.15, 0.2) is 12.2 Å². The van der Waals surface area contributed by atoms with Crippen LogP contribution in [0.2, 0.25) is 0 Å². The van der Waals surface area contributed by atoms with Crippen LogP contribution >= 0.6 is 0 Å². The molecule has 3 saturated carbocycles. The van der Waals surface area contributed by atoms with Crippen LogP contribution in [0, 0.1) is 34.5 Å². The van der Waals surface area contributed by atoms with E-state index in [4.69, 9.17) is 0 Å². The van der Waals surface area contributed by atoms with Crippen molar-refractivity contribution in [2.45, 2.75) is 64.2 Å². The Kier molecular flexibility index (Phi) is 3.17. The molecule has 0 aromatic rings. The van der Waals surface area contributed by atoms with Crippen molar-refractivity contribution in [2.75, 3.05) is 11.5 Å². The number of sulfone groups is 1. The van der Waals surface area contributed by atoms with Crippen molar-refractivity contribution in [2.24, 2.45) is 34.5 Å². The van der Waals surface area contributed by atoms with E-state index in [1.807, 2.05) is 0 Å². The first kappa shape index (κ1) is 15.0. The molecule has 0 bridgehead atoms. The SMILES string of the molecule is O=S1(=O)C[C@]23CC=CC[C@]2(C1)[C@@H]1[C@H](CC[C@H]2CCCC[C@@H]21)CC3. The van der Waals surface area contributed by atoms with Crippen molar-refractivity contribution in [3.63, 3.8) is 0 Å². The van der Waals surface area contributed by atoms with Crippen LogP contribution in [-0.2, 0) is 9.84 Å². The molecule has 128 valence electrons. The lowest BCUT2D eigenvalue weighted by molar-refractivity contribution is -0.125. The highest BCUT2D eigenvalue weighted by Gasteiger charge is 2.68. The second kappa shape index (κ2) is 4.86. The molecule has 1 saturated heterocycles. The minimum atomic E-state index is -2.86. The highest BCUT2D eigenvalue weighted by Crippen LogP contribution is 2.70. The molecule has 1 heterocycles. The summed E-state index contributed by atoms with van der Waals surface area (Å²) in [6.07, 6.45) is 17.6. The maximum atomic E-state index is 12.8. The van der Waals surface area contributed by atoms with E-state index in [-0.39, 0.29) is 10.8 Å². The van der Waals surface area contributed by atoms with Gasteiger partial charge in [0, 0.05) is 0 Å². The topological polar surface area (TPSA) is 34.1 Å². The highest BCUT2D eigenvalue weighted by atomic mass is 32.2. The molecule has 0 aromatic carbocycles. The summed E-state index contributed by atoms with van der Waals surface area (Å²) in [4.78, 5) is 0. The van der Waals surface area contributed by atoms with Crippen molar-refractivity contribution >= 4 is 9.84 Å². The molecule has 4 aliphatic carbocycles. The Morgan fingerprint density at radius 1 is 0.826 bits per heavy atom. The van der Waals surface area contributed by atoms with Gasteiger partial charge >= 0.3 is 0 Å². The predicted molar refractivity (Wildman–Crippen MR) is 92.8 cm³/mol. The summed E-state index contributed by atoms with van der Waals surface area (Å²) in [7, 11) is -2.86.